The molecule has 1 fully saturated rings. The summed E-state index contributed by atoms with van der Waals surface area (Å²) < 4.78 is 5.28. The maximum absolute atomic E-state index is 5.28. The average Bonchev–Trinajstić information content (AvgIpc) is 2.64. The minimum absolute atomic E-state index is 0.447. The molecule has 2 aromatic rings. The molecule has 0 aromatic heterocycles. The van der Waals surface area contributed by atoms with Crippen LogP contribution in [0.5, 0.6) is 5.75 Å². The van der Waals surface area contributed by atoms with Crippen molar-refractivity contribution in [2.75, 3.05) is 27.2 Å². The van der Waals surface area contributed by atoms with Gasteiger partial charge < -0.3 is 4.74 Å². The Morgan fingerprint density at radius 2 is 1.73 bits per heavy atom. The first-order valence-corrected chi connectivity index (χ1v) is 9.65. The Hall–Kier alpha value is -1.84. The van der Waals surface area contributed by atoms with Crippen molar-refractivity contribution in [2.45, 2.75) is 45.3 Å². The Labute approximate surface area is 158 Å². The van der Waals surface area contributed by atoms with Gasteiger partial charge in [0.1, 0.15) is 5.75 Å². The zero-order chi connectivity index (χ0) is 18.7. The molecule has 1 saturated heterocycles. The lowest BCUT2D eigenvalue weighted by molar-refractivity contribution is 0.0459. The summed E-state index contributed by atoms with van der Waals surface area (Å²) in [5, 5.41) is 0. The highest BCUT2D eigenvalue weighted by atomic mass is 16.5. The molecule has 0 aliphatic carbocycles. The number of piperazine rings is 1. The van der Waals surface area contributed by atoms with E-state index >= 15 is 0 Å². The van der Waals surface area contributed by atoms with Crippen LogP contribution in [0.2, 0.25) is 0 Å². The predicted molar refractivity (Wildman–Crippen MR) is 109 cm³/mol. The highest BCUT2D eigenvalue weighted by Gasteiger charge is 2.31. The highest BCUT2D eigenvalue weighted by molar-refractivity contribution is 5.33. The first-order chi connectivity index (χ1) is 12.5. The molecule has 2 aromatic carbocycles. The summed E-state index contributed by atoms with van der Waals surface area (Å²) in [4.78, 5) is 5.14. The van der Waals surface area contributed by atoms with Crippen molar-refractivity contribution in [3.05, 3.63) is 65.2 Å². The Kier molecular flexibility index (Phi) is 6.00. The minimum Gasteiger partial charge on any atom is -0.497 e. The van der Waals surface area contributed by atoms with Crippen LogP contribution in [0.25, 0.3) is 0 Å². The first kappa shape index (κ1) is 18.9. The van der Waals surface area contributed by atoms with Gasteiger partial charge in [0.25, 0.3) is 0 Å². The number of benzene rings is 2. The van der Waals surface area contributed by atoms with Crippen molar-refractivity contribution in [1.29, 1.82) is 0 Å². The van der Waals surface area contributed by atoms with Gasteiger partial charge in [-0.25, -0.2) is 0 Å². The molecule has 0 saturated carbocycles. The zero-order valence-electron chi connectivity index (χ0n) is 16.8. The summed E-state index contributed by atoms with van der Waals surface area (Å²) in [7, 11) is 3.98. The second-order valence-corrected chi connectivity index (χ2v) is 7.87. The lowest BCUT2D eigenvalue weighted by Crippen LogP contribution is -2.51. The molecule has 3 rings (SSSR count). The Morgan fingerprint density at radius 3 is 2.38 bits per heavy atom. The van der Waals surface area contributed by atoms with Crippen LogP contribution in [-0.4, -0.2) is 43.1 Å². The number of ether oxygens (including phenoxy) is 1. The molecule has 0 radical (unpaired) electrons. The molecular weight excluding hydrogens is 320 g/mol. The van der Waals surface area contributed by atoms with E-state index in [-0.39, 0.29) is 0 Å². The van der Waals surface area contributed by atoms with Crippen LogP contribution < -0.4 is 4.74 Å². The second-order valence-electron chi connectivity index (χ2n) is 7.87. The zero-order valence-corrected chi connectivity index (χ0v) is 16.8. The van der Waals surface area contributed by atoms with Crippen LogP contribution in [-0.2, 0) is 6.54 Å². The SMILES string of the molecule is COc1ccc(CN2CC(c3ccccc3C(C)C)N(C)CC2C)cc1. The fourth-order valence-electron chi connectivity index (χ4n) is 4.06. The molecule has 0 bridgehead atoms. The maximum atomic E-state index is 5.28. The van der Waals surface area contributed by atoms with Crippen LogP contribution in [0, 0.1) is 0 Å². The number of hydrogen-bond donors (Lipinski definition) is 0. The summed E-state index contributed by atoms with van der Waals surface area (Å²) in [6.45, 7) is 10.1. The molecule has 2 atom stereocenters. The van der Waals surface area contributed by atoms with Crippen LogP contribution in [0.15, 0.2) is 48.5 Å². The maximum Gasteiger partial charge on any atom is 0.118 e. The lowest BCUT2D eigenvalue weighted by atomic mass is 9.90. The highest BCUT2D eigenvalue weighted by Crippen LogP contribution is 2.32. The fraction of sp³-hybridized carbons (Fsp3) is 0.478. The summed E-state index contributed by atoms with van der Waals surface area (Å²) in [5.41, 5.74) is 4.30. The third kappa shape index (κ3) is 4.11. The van der Waals surface area contributed by atoms with E-state index in [0.717, 1.165) is 25.4 Å². The molecule has 3 nitrogen and oxygen atoms in total. The summed E-state index contributed by atoms with van der Waals surface area (Å²) in [6, 6.07) is 18.4. The molecule has 1 aliphatic heterocycles. The van der Waals surface area contributed by atoms with Gasteiger partial charge in [-0.2, -0.15) is 0 Å². The molecule has 2 unspecified atom stereocenters. The standard InChI is InChI=1S/C23H32N2O/c1-17(2)21-8-6-7-9-22(21)23-16-25(18(3)14-24(23)4)15-19-10-12-20(26-5)13-11-19/h6-13,17-18,23H,14-16H2,1-5H3. The van der Waals surface area contributed by atoms with Crippen LogP contribution in [0.3, 0.4) is 0 Å². The molecular formula is C23H32N2O. The molecule has 0 N–H and O–H groups in total. The molecule has 26 heavy (non-hydrogen) atoms. The van der Waals surface area contributed by atoms with Crippen molar-refractivity contribution in [1.82, 2.24) is 9.80 Å². The summed E-state index contributed by atoms with van der Waals surface area (Å²) in [5.74, 6) is 1.47. The van der Waals surface area contributed by atoms with Crippen molar-refractivity contribution in [3.63, 3.8) is 0 Å². The van der Waals surface area contributed by atoms with Gasteiger partial charge in [0, 0.05) is 31.7 Å². The van der Waals surface area contributed by atoms with Gasteiger partial charge >= 0.3 is 0 Å². The van der Waals surface area contributed by atoms with Crippen LogP contribution in [0.4, 0.5) is 0 Å². The van der Waals surface area contributed by atoms with Gasteiger partial charge in [-0.3, -0.25) is 9.80 Å². The van der Waals surface area contributed by atoms with E-state index in [2.05, 4.69) is 86.1 Å². The van der Waals surface area contributed by atoms with Crippen LogP contribution in [0.1, 0.15) is 49.4 Å². The predicted octanol–water partition coefficient (Wildman–Crippen LogP) is 4.70. The Morgan fingerprint density at radius 1 is 1.04 bits per heavy atom. The minimum atomic E-state index is 0.447. The van der Waals surface area contributed by atoms with E-state index in [1.807, 2.05) is 0 Å². The monoisotopic (exact) mass is 352 g/mol. The van der Waals surface area contributed by atoms with E-state index in [9.17, 15) is 0 Å². The van der Waals surface area contributed by atoms with E-state index < -0.39 is 0 Å². The normalized spacial score (nSPS) is 21.9. The van der Waals surface area contributed by atoms with Crippen molar-refractivity contribution < 1.29 is 4.74 Å². The molecule has 1 heterocycles. The third-order valence-electron chi connectivity index (χ3n) is 5.64. The molecule has 0 spiro atoms. The van der Waals surface area contributed by atoms with Gasteiger partial charge in [-0.1, -0.05) is 50.2 Å². The van der Waals surface area contributed by atoms with Crippen molar-refractivity contribution in [3.8, 4) is 5.75 Å². The van der Waals surface area contributed by atoms with Crippen molar-refractivity contribution in [2.24, 2.45) is 0 Å². The van der Waals surface area contributed by atoms with Gasteiger partial charge in [-0.15, -0.1) is 0 Å². The van der Waals surface area contributed by atoms with Crippen molar-refractivity contribution >= 4 is 0 Å². The molecule has 0 amide bonds. The summed E-state index contributed by atoms with van der Waals surface area (Å²) in [6.07, 6.45) is 0. The number of rotatable bonds is 5. The smallest absolute Gasteiger partial charge is 0.118 e. The third-order valence-corrected chi connectivity index (χ3v) is 5.64. The van der Waals surface area contributed by atoms with Gasteiger partial charge in [-0.05, 0) is 48.7 Å². The second kappa shape index (κ2) is 8.24. The number of hydrogen-bond acceptors (Lipinski definition) is 3. The van der Waals surface area contributed by atoms with Gasteiger partial charge in [0.05, 0.1) is 7.11 Å². The largest absolute Gasteiger partial charge is 0.497 e. The molecule has 1 aliphatic rings. The fourth-order valence-corrected chi connectivity index (χ4v) is 4.06. The quantitative estimate of drug-likeness (QED) is 0.776. The van der Waals surface area contributed by atoms with E-state index in [1.165, 1.54) is 16.7 Å². The Balaban J connectivity index is 1.80. The first-order valence-electron chi connectivity index (χ1n) is 9.65. The van der Waals surface area contributed by atoms with Gasteiger partial charge in [0.15, 0.2) is 0 Å². The molecule has 140 valence electrons. The van der Waals surface area contributed by atoms with Gasteiger partial charge in [0.2, 0.25) is 0 Å². The average molecular weight is 353 g/mol. The topological polar surface area (TPSA) is 15.7 Å². The number of likely N-dealkylation sites (N-methyl/N-ethyl adjacent to an activating group) is 1. The number of methoxy groups -OCH3 is 1. The summed E-state index contributed by atoms with van der Waals surface area (Å²) >= 11 is 0. The lowest BCUT2D eigenvalue weighted by Gasteiger charge is -2.44. The van der Waals surface area contributed by atoms with E-state index in [1.54, 1.807) is 7.11 Å². The van der Waals surface area contributed by atoms with E-state index in [0.29, 0.717) is 18.0 Å². The van der Waals surface area contributed by atoms with E-state index in [4.69, 9.17) is 4.74 Å². The van der Waals surface area contributed by atoms with Crippen LogP contribution >= 0.6 is 0 Å². The molecule has 3 heteroatoms. The Bertz CT molecular complexity index is 710. The number of nitrogens with zero attached hydrogens (tertiary/aromatic N) is 2.